The Morgan fingerprint density at radius 1 is 1.13 bits per heavy atom. The second-order valence-corrected chi connectivity index (χ2v) is 8.38. The SMILES string of the molecule is CCCCCCSc1nnc2c(n1)OC(c1cccnc1)N(C(C)=O)c1ccccc1-2. The number of rotatable bonds is 7. The van der Waals surface area contributed by atoms with Crippen LogP contribution in [0, 0.1) is 0 Å². The number of amides is 1. The molecule has 1 aliphatic rings. The Morgan fingerprint density at radius 3 is 2.77 bits per heavy atom. The monoisotopic (exact) mass is 435 g/mol. The minimum Gasteiger partial charge on any atom is -0.447 e. The molecule has 2 aromatic heterocycles. The summed E-state index contributed by atoms with van der Waals surface area (Å²) in [7, 11) is 0. The van der Waals surface area contributed by atoms with Crippen molar-refractivity contribution in [3.63, 3.8) is 0 Å². The number of carbonyl (C=O) groups is 1. The van der Waals surface area contributed by atoms with Gasteiger partial charge in [-0.1, -0.05) is 62.2 Å². The number of nitrogens with zero attached hydrogens (tertiary/aromatic N) is 5. The van der Waals surface area contributed by atoms with E-state index in [1.165, 1.54) is 26.2 Å². The van der Waals surface area contributed by atoms with Crippen molar-refractivity contribution < 1.29 is 9.53 Å². The molecule has 0 fully saturated rings. The van der Waals surface area contributed by atoms with Crippen LogP contribution in [-0.2, 0) is 4.79 Å². The molecule has 1 aliphatic heterocycles. The lowest BCUT2D eigenvalue weighted by atomic mass is 10.1. The minimum absolute atomic E-state index is 0.146. The van der Waals surface area contributed by atoms with Crippen molar-refractivity contribution in [1.29, 1.82) is 0 Å². The number of ether oxygens (including phenoxy) is 1. The fourth-order valence-corrected chi connectivity index (χ4v) is 4.32. The van der Waals surface area contributed by atoms with Crippen LogP contribution in [0.3, 0.4) is 0 Å². The van der Waals surface area contributed by atoms with Crippen LogP contribution in [0.25, 0.3) is 11.3 Å². The zero-order valence-corrected chi connectivity index (χ0v) is 18.5. The Hall–Kier alpha value is -3.00. The smallest absolute Gasteiger partial charge is 0.247 e. The number of hydrogen-bond donors (Lipinski definition) is 0. The van der Waals surface area contributed by atoms with Gasteiger partial charge in [-0.05, 0) is 18.6 Å². The Morgan fingerprint density at radius 2 is 2.00 bits per heavy atom. The Kier molecular flexibility index (Phi) is 6.76. The van der Waals surface area contributed by atoms with Gasteiger partial charge in [-0.25, -0.2) is 0 Å². The standard InChI is InChI=1S/C23H25N5O2S/c1-3-4-5-8-14-31-23-25-21-20(26-27-23)18-11-6-7-12-19(18)28(16(2)29)22(30-21)17-10-9-13-24-15-17/h6-7,9-13,15,22H,3-5,8,14H2,1-2H3. The van der Waals surface area contributed by atoms with E-state index >= 15 is 0 Å². The first-order valence-electron chi connectivity index (χ1n) is 10.5. The van der Waals surface area contributed by atoms with Crippen LogP contribution in [0.1, 0.15) is 51.3 Å². The highest BCUT2D eigenvalue weighted by atomic mass is 32.2. The molecule has 3 aromatic rings. The second kappa shape index (κ2) is 9.87. The molecular weight excluding hydrogens is 410 g/mol. The van der Waals surface area contributed by atoms with Gasteiger partial charge in [-0.15, -0.1) is 10.2 Å². The largest absolute Gasteiger partial charge is 0.447 e. The van der Waals surface area contributed by atoms with Crippen molar-refractivity contribution in [3.05, 3.63) is 54.4 Å². The summed E-state index contributed by atoms with van der Waals surface area (Å²) >= 11 is 1.58. The third kappa shape index (κ3) is 4.69. The maximum absolute atomic E-state index is 12.7. The van der Waals surface area contributed by atoms with Crippen molar-refractivity contribution in [3.8, 4) is 17.1 Å². The molecule has 1 aromatic carbocycles. The maximum atomic E-state index is 12.7. The van der Waals surface area contributed by atoms with Gasteiger partial charge in [0.25, 0.3) is 0 Å². The zero-order valence-electron chi connectivity index (χ0n) is 17.7. The van der Waals surface area contributed by atoms with E-state index in [0.717, 1.165) is 23.3 Å². The molecular formula is C23H25N5O2S. The van der Waals surface area contributed by atoms with Crippen LogP contribution in [0.2, 0.25) is 0 Å². The third-order valence-electron chi connectivity index (χ3n) is 5.05. The summed E-state index contributed by atoms with van der Waals surface area (Å²) < 4.78 is 6.32. The van der Waals surface area contributed by atoms with E-state index < -0.39 is 6.23 Å². The van der Waals surface area contributed by atoms with Crippen molar-refractivity contribution in [1.82, 2.24) is 20.2 Å². The molecule has 3 heterocycles. The molecule has 0 bridgehead atoms. The van der Waals surface area contributed by atoms with Gasteiger partial charge >= 0.3 is 0 Å². The van der Waals surface area contributed by atoms with Crippen LogP contribution in [0.15, 0.2) is 53.9 Å². The highest BCUT2D eigenvalue weighted by Crippen LogP contribution is 2.43. The lowest BCUT2D eigenvalue weighted by Crippen LogP contribution is -2.36. The molecule has 4 rings (SSSR count). The highest BCUT2D eigenvalue weighted by Gasteiger charge is 2.34. The number of hydrogen-bond acceptors (Lipinski definition) is 7. The Labute approximate surface area is 186 Å². The molecule has 0 aliphatic carbocycles. The Bertz CT molecular complexity index is 1050. The van der Waals surface area contributed by atoms with E-state index in [4.69, 9.17) is 4.74 Å². The lowest BCUT2D eigenvalue weighted by molar-refractivity contribution is -0.118. The molecule has 0 spiro atoms. The number of pyridine rings is 1. The minimum atomic E-state index is -0.701. The zero-order chi connectivity index (χ0) is 21.6. The highest BCUT2D eigenvalue weighted by molar-refractivity contribution is 7.99. The van der Waals surface area contributed by atoms with Gasteiger partial charge in [0.2, 0.25) is 23.2 Å². The number of carbonyl (C=O) groups excluding carboxylic acids is 1. The van der Waals surface area contributed by atoms with E-state index in [2.05, 4.69) is 27.1 Å². The van der Waals surface area contributed by atoms with Crippen molar-refractivity contribution in [2.45, 2.75) is 50.9 Å². The summed E-state index contributed by atoms with van der Waals surface area (Å²) in [6.07, 6.45) is 7.44. The number of aromatic nitrogens is 4. The van der Waals surface area contributed by atoms with E-state index in [-0.39, 0.29) is 5.91 Å². The van der Waals surface area contributed by atoms with Gasteiger partial charge in [0.1, 0.15) is 0 Å². The van der Waals surface area contributed by atoms with E-state index in [0.29, 0.717) is 22.4 Å². The number of unbranched alkanes of at least 4 members (excludes halogenated alkanes) is 3. The van der Waals surface area contributed by atoms with Crippen LogP contribution < -0.4 is 9.64 Å². The van der Waals surface area contributed by atoms with Crippen LogP contribution >= 0.6 is 11.8 Å². The average Bonchev–Trinajstić information content (AvgIpc) is 2.94. The summed E-state index contributed by atoms with van der Waals surface area (Å²) in [6, 6.07) is 11.3. The molecule has 7 nitrogen and oxygen atoms in total. The molecule has 0 saturated heterocycles. The molecule has 8 heteroatoms. The summed E-state index contributed by atoms with van der Waals surface area (Å²) in [5, 5.41) is 9.35. The van der Waals surface area contributed by atoms with Crippen LogP contribution in [-0.4, -0.2) is 31.8 Å². The fraction of sp³-hybridized carbons (Fsp3) is 0.348. The summed E-state index contributed by atoms with van der Waals surface area (Å²) in [5.41, 5.74) is 2.76. The Balaban J connectivity index is 1.73. The average molecular weight is 436 g/mol. The van der Waals surface area contributed by atoms with Gasteiger partial charge in [-0.2, -0.15) is 4.98 Å². The van der Waals surface area contributed by atoms with Gasteiger partial charge in [0, 0.05) is 36.2 Å². The van der Waals surface area contributed by atoms with Gasteiger partial charge in [0.15, 0.2) is 5.69 Å². The number of fused-ring (bicyclic) bond motifs is 3. The van der Waals surface area contributed by atoms with Gasteiger partial charge < -0.3 is 4.74 Å². The molecule has 31 heavy (non-hydrogen) atoms. The van der Waals surface area contributed by atoms with Crippen molar-refractivity contribution in [2.24, 2.45) is 0 Å². The third-order valence-corrected chi connectivity index (χ3v) is 5.97. The van der Waals surface area contributed by atoms with Crippen LogP contribution in [0.5, 0.6) is 5.88 Å². The first kappa shape index (κ1) is 21.2. The van der Waals surface area contributed by atoms with E-state index in [1.807, 2.05) is 36.4 Å². The predicted octanol–water partition coefficient (Wildman–Crippen LogP) is 5.05. The molecule has 160 valence electrons. The van der Waals surface area contributed by atoms with Gasteiger partial charge in [-0.3, -0.25) is 14.7 Å². The summed E-state index contributed by atoms with van der Waals surface area (Å²) in [4.78, 5) is 23.2. The summed E-state index contributed by atoms with van der Waals surface area (Å²) in [6.45, 7) is 3.72. The molecule has 1 amide bonds. The molecule has 1 atom stereocenters. The molecule has 0 N–H and O–H groups in total. The number of anilines is 1. The normalized spacial score (nSPS) is 14.9. The molecule has 1 unspecified atom stereocenters. The lowest BCUT2D eigenvalue weighted by Gasteiger charge is -2.29. The first-order chi connectivity index (χ1) is 15.2. The first-order valence-corrected chi connectivity index (χ1v) is 11.5. The van der Waals surface area contributed by atoms with E-state index in [1.54, 1.807) is 29.1 Å². The fourth-order valence-electron chi connectivity index (χ4n) is 3.55. The maximum Gasteiger partial charge on any atom is 0.247 e. The van der Waals surface area contributed by atoms with E-state index in [9.17, 15) is 4.79 Å². The molecule has 0 radical (unpaired) electrons. The summed E-state index contributed by atoms with van der Waals surface area (Å²) in [5.74, 6) is 1.16. The number of para-hydroxylation sites is 1. The number of thioether (sulfide) groups is 1. The van der Waals surface area contributed by atoms with Crippen molar-refractivity contribution >= 4 is 23.4 Å². The number of benzene rings is 1. The topological polar surface area (TPSA) is 81.1 Å². The van der Waals surface area contributed by atoms with Crippen molar-refractivity contribution in [2.75, 3.05) is 10.7 Å². The predicted molar refractivity (Wildman–Crippen MR) is 121 cm³/mol. The van der Waals surface area contributed by atoms with Crippen LogP contribution in [0.4, 0.5) is 5.69 Å². The van der Waals surface area contributed by atoms with Gasteiger partial charge in [0.05, 0.1) is 5.69 Å². The second-order valence-electron chi connectivity index (χ2n) is 7.32. The molecule has 0 saturated carbocycles. The quantitative estimate of drug-likeness (QED) is 0.379.